The minimum Gasteiger partial charge on any atom is -0.493 e. The molecule has 12 heteroatoms. The van der Waals surface area contributed by atoms with Crippen LogP contribution in [0.4, 0.5) is 11.4 Å². The fourth-order valence-corrected chi connectivity index (χ4v) is 4.85. The molecule has 1 heterocycles. The Balaban J connectivity index is 1.75. The van der Waals surface area contributed by atoms with Crippen LogP contribution >= 0.6 is 0 Å². The highest BCUT2D eigenvalue weighted by Gasteiger charge is 2.28. The second-order valence-electron chi connectivity index (χ2n) is 8.43. The van der Waals surface area contributed by atoms with E-state index in [-0.39, 0.29) is 23.8 Å². The summed E-state index contributed by atoms with van der Waals surface area (Å²) in [4.78, 5) is 13.4. The molecule has 11 nitrogen and oxygen atoms in total. The van der Waals surface area contributed by atoms with Crippen molar-refractivity contribution in [3.63, 3.8) is 0 Å². The molecular formula is C26H27N5O6S. The summed E-state index contributed by atoms with van der Waals surface area (Å²) in [6.45, 7) is -0.110. The maximum Gasteiger partial charge on any atom is 0.264 e. The Labute approximate surface area is 219 Å². The van der Waals surface area contributed by atoms with Gasteiger partial charge in [0.2, 0.25) is 0 Å². The van der Waals surface area contributed by atoms with E-state index < -0.39 is 22.0 Å². The highest BCUT2D eigenvalue weighted by atomic mass is 32.2. The van der Waals surface area contributed by atoms with E-state index in [2.05, 4.69) is 10.0 Å². The van der Waals surface area contributed by atoms with E-state index in [0.29, 0.717) is 45.0 Å². The number of rotatable bonds is 10. The maximum atomic E-state index is 13.5. The number of ether oxygens (including phenoxy) is 1. The van der Waals surface area contributed by atoms with Crippen LogP contribution < -0.4 is 26.2 Å². The summed E-state index contributed by atoms with van der Waals surface area (Å²) in [6.07, 6.45) is 0.289. The number of carbonyl (C=O) groups excluding carboxylic acids is 1. The van der Waals surface area contributed by atoms with E-state index in [4.69, 9.17) is 26.0 Å². The van der Waals surface area contributed by atoms with Crippen LogP contribution in [-0.2, 0) is 21.2 Å². The van der Waals surface area contributed by atoms with Crippen molar-refractivity contribution in [1.29, 1.82) is 5.41 Å². The van der Waals surface area contributed by atoms with Crippen molar-refractivity contribution in [2.75, 3.05) is 24.8 Å². The number of furan rings is 1. The summed E-state index contributed by atoms with van der Waals surface area (Å²) in [7, 11) is -2.77. The number of anilines is 2. The van der Waals surface area contributed by atoms with Crippen LogP contribution in [0.25, 0.3) is 11.0 Å². The number of nitrogen functional groups attached to an aromatic ring is 2. The first-order chi connectivity index (χ1) is 18.1. The van der Waals surface area contributed by atoms with E-state index in [9.17, 15) is 18.3 Å². The van der Waals surface area contributed by atoms with Gasteiger partial charge >= 0.3 is 0 Å². The predicted octanol–water partition coefficient (Wildman–Crippen LogP) is 2.50. The van der Waals surface area contributed by atoms with E-state index in [1.807, 2.05) is 0 Å². The smallest absolute Gasteiger partial charge is 0.264 e. The fourth-order valence-electron chi connectivity index (χ4n) is 3.86. The van der Waals surface area contributed by atoms with Gasteiger partial charge in [-0.3, -0.25) is 10.2 Å². The lowest BCUT2D eigenvalue weighted by Gasteiger charge is -2.21. The van der Waals surface area contributed by atoms with Gasteiger partial charge in [-0.25, -0.2) is 13.1 Å². The van der Waals surface area contributed by atoms with E-state index in [1.54, 1.807) is 42.5 Å². The number of amidine groups is 1. The van der Waals surface area contributed by atoms with Gasteiger partial charge in [-0.15, -0.1) is 0 Å². The number of aliphatic hydroxyl groups is 1. The predicted molar refractivity (Wildman–Crippen MR) is 144 cm³/mol. The molecule has 0 saturated heterocycles. The first-order valence-corrected chi connectivity index (χ1v) is 12.9. The van der Waals surface area contributed by atoms with Gasteiger partial charge in [0.15, 0.2) is 11.3 Å². The van der Waals surface area contributed by atoms with Crippen molar-refractivity contribution >= 4 is 44.1 Å². The first-order valence-electron chi connectivity index (χ1n) is 11.5. The molecule has 0 aliphatic carbocycles. The molecule has 38 heavy (non-hydrogen) atoms. The highest BCUT2D eigenvalue weighted by molar-refractivity contribution is 7.90. The summed E-state index contributed by atoms with van der Waals surface area (Å²) in [6, 6.07) is 15.7. The standard InChI is InChI=1S/C26H27N5O6S/c1-36-22-14-16(12-17-13-20(10-11-32)37-24(17)22)23(30-19-6-2-15(3-7-19)25(28)29)26(33)31-38(34,35)21-8-4-18(27)5-9-21/h2-9,12-14,23,30,32H,10-11,27H2,1H3,(H3,28,29)(H,31,33)/t23-/m1/s1. The Morgan fingerprint density at radius 3 is 2.39 bits per heavy atom. The topological polar surface area (TPSA) is 194 Å². The number of nitrogens with one attached hydrogen (secondary N) is 3. The summed E-state index contributed by atoms with van der Waals surface area (Å²) in [5, 5.41) is 20.5. The van der Waals surface area contributed by atoms with Gasteiger partial charge in [0, 0.05) is 28.7 Å². The lowest BCUT2D eigenvalue weighted by Crippen LogP contribution is -2.37. The van der Waals surface area contributed by atoms with Crippen molar-refractivity contribution < 1.29 is 27.5 Å². The van der Waals surface area contributed by atoms with Gasteiger partial charge in [0.25, 0.3) is 15.9 Å². The molecule has 0 saturated carbocycles. The van der Waals surface area contributed by atoms with Crippen molar-refractivity contribution in [3.8, 4) is 5.75 Å². The van der Waals surface area contributed by atoms with Crippen LogP contribution in [0.1, 0.15) is 22.9 Å². The summed E-state index contributed by atoms with van der Waals surface area (Å²) in [5.41, 5.74) is 13.4. The van der Waals surface area contributed by atoms with E-state index in [1.165, 1.54) is 31.4 Å². The molecule has 0 aliphatic heterocycles. The zero-order chi connectivity index (χ0) is 27.4. The molecule has 4 aromatic rings. The molecule has 3 aromatic carbocycles. The Bertz CT molecular complexity index is 1580. The number of hydrogen-bond acceptors (Lipinski definition) is 9. The average Bonchev–Trinajstić information content (AvgIpc) is 3.29. The largest absolute Gasteiger partial charge is 0.493 e. The molecule has 1 aromatic heterocycles. The molecule has 0 bridgehead atoms. The minimum absolute atomic E-state index is 0.110. The zero-order valence-corrected chi connectivity index (χ0v) is 21.2. The second kappa shape index (κ2) is 10.8. The van der Waals surface area contributed by atoms with Crippen molar-refractivity contribution in [2.45, 2.75) is 17.4 Å². The van der Waals surface area contributed by atoms with Crippen LogP contribution in [0, 0.1) is 5.41 Å². The molecule has 0 radical (unpaired) electrons. The third-order valence-electron chi connectivity index (χ3n) is 5.76. The van der Waals surface area contributed by atoms with Gasteiger partial charge in [-0.1, -0.05) is 0 Å². The molecule has 0 unspecified atom stereocenters. The quantitative estimate of drug-likeness (QED) is 0.100. The number of sulfonamides is 1. The Hall–Kier alpha value is -4.55. The van der Waals surface area contributed by atoms with Crippen molar-refractivity contribution in [3.05, 3.63) is 83.6 Å². The van der Waals surface area contributed by atoms with Gasteiger partial charge < -0.3 is 31.0 Å². The van der Waals surface area contributed by atoms with Crippen LogP contribution in [-0.4, -0.2) is 39.0 Å². The number of carbonyl (C=O) groups is 1. The number of amides is 1. The number of methoxy groups -OCH3 is 1. The fraction of sp³-hybridized carbons (Fsp3) is 0.154. The van der Waals surface area contributed by atoms with Crippen LogP contribution in [0.3, 0.4) is 0 Å². The average molecular weight is 538 g/mol. The number of nitrogens with two attached hydrogens (primary N) is 2. The molecular weight excluding hydrogens is 510 g/mol. The van der Waals surface area contributed by atoms with Crippen molar-refractivity contribution in [1.82, 2.24) is 4.72 Å². The van der Waals surface area contributed by atoms with Crippen LogP contribution in [0.15, 0.2) is 76.0 Å². The van der Waals surface area contributed by atoms with Gasteiger partial charge in [-0.05, 0) is 72.3 Å². The molecule has 1 amide bonds. The van der Waals surface area contributed by atoms with Gasteiger partial charge in [0.05, 0.1) is 18.6 Å². The number of aliphatic hydroxyl groups excluding tert-OH is 1. The molecule has 0 spiro atoms. The molecule has 4 rings (SSSR count). The number of benzene rings is 3. The van der Waals surface area contributed by atoms with E-state index in [0.717, 1.165) is 0 Å². The van der Waals surface area contributed by atoms with Crippen molar-refractivity contribution in [2.24, 2.45) is 5.73 Å². The summed E-state index contributed by atoms with van der Waals surface area (Å²) >= 11 is 0. The monoisotopic (exact) mass is 537 g/mol. The summed E-state index contributed by atoms with van der Waals surface area (Å²) < 4.78 is 39.3. The Morgan fingerprint density at radius 2 is 1.79 bits per heavy atom. The third kappa shape index (κ3) is 5.71. The minimum atomic E-state index is -4.22. The maximum absolute atomic E-state index is 13.5. The molecule has 1 atom stereocenters. The van der Waals surface area contributed by atoms with Crippen LogP contribution in [0.2, 0.25) is 0 Å². The Morgan fingerprint density at radius 1 is 1.11 bits per heavy atom. The second-order valence-corrected chi connectivity index (χ2v) is 10.1. The van der Waals surface area contributed by atoms with E-state index >= 15 is 0 Å². The molecule has 0 aliphatic rings. The zero-order valence-electron chi connectivity index (χ0n) is 20.4. The third-order valence-corrected chi connectivity index (χ3v) is 7.12. The van der Waals surface area contributed by atoms with Gasteiger partial charge in [0.1, 0.15) is 17.6 Å². The lowest BCUT2D eigenvalue weighted by atomic mass is 10.0. The lowest BCUT2D eigenvalue weighted by molar-refractivity contribution is -0.120. The Kier molecular flexibility index (Phi) is 7.55. The highest BCUT2D eigenvalue weighted by Crippen LogP contribution is 2.34. The normalized spacial score (nSPS) is 12.2. The molecule has 198 valence electrons. The SMILES string of the molecule is COc1cc([C@@H](Nc2ccc(C(=N)N)cc2)C(=O)NS(=O)(=O)c2ccc(N)cc2)cc2cc(CCO)oc12. The molecule has 8 N–H and O–H groups in total. The molecule has 0 fully saturated rings. The summed E-state index contributed by atoms with van der Waals surface area (Å²) in [5.74, 6) is -0.112. The first kappa shape index (κ1) is 26.5. The van der Waals surface area contributed by atoms with Gasteiger partial charge in [-0.2, -0.15) is 0 Å². The number of hydrogen-bond donors (Lipinski definition) is 6. The van der Waals surface area contributed by atoms with Crippen LogP contribution in [0.5, 0.6) is 5.75 Å². The number of fused-ring (bicyclic) bond motifs is 1.